The van der Waals surface area contributed by atoms with Gasteiger partial charge >= 0.3 is 0 Å². The third-order valence-corrected chi connectivity index (χ3v) is 4.07. The Bertz CT molecular complexity index is 686. The van der Waals surface area contributed by atoms with Crippen molar-refractivity contribution < 1.29 is 0 Å². The standard InChI is InChI=1S/C13H12ClN3S/c1-17-11-5-3-2-4-10(11)16-13(17)15-8-9-6-7-12(14)18-9/h2-7H,8H2,1H3,(H,15,16). The Morgan fingerprint density at radius 1 is 1.28 bits per heavy atom. The van der Waals surface area contributed by atoms with Gasteiger partial charge < -0.3 is 9.88 Å². The van der Waals surface area contributed by atoms with Gasteiger partial charge in [-0.3, -0.25) is 0 Å². The normalized spacial score (nSPS) is 11.0. The number of rotatable bonds is 3. The molecule has 1 N–H and O–H groups in total. The summed E-state index contributed by atoms with van der Waals surface area (Å²) in [5.41, 5.74) is 2.14. The van der Waals surface area contributed by atoms with E-state index in [9.17, 15) is 0 Å². The molecule has 18 heavy (non-hydrogen) atoms. The van der Waals surface area contributed by atoms with Gasteiger partial charge in [-0.05, 0) is 24.3 Å². The molecule has 0 aliphatic carbocycles. The molecule has 0 fully saturated rings. The summed E-state index contributed by atoms with van der Waals surface area (Å²) >= 11 is 7.49. The van der Waals surface area contributed by atoms with Gasteiger partial charge in [0.05, 0.1) is 21.9 Å². The highest BCUT2D eigenvalue weighted by molar-refractivity contribution is 7.16. The number of hydrogen-bond donors (Lipinski definition) is 1. The van der Waals surface area contributed by atoms with Crippen LogP contribution >= 0.6 is 22.9 Å². The van der Waals surface area contributed by atoms with Gasteiger partial charge in [-0.2, -0.15) is 0 Å². The monoisotopic (exact) mass is 277 g/mol. The second-order valence-corrected chi connectivity index (χ2v) is 5.84. The van der Waals surface area contributed by atoms with Crippen molar-refractivity contribution in [1.82, 2.24) is 9.55 Å². The molecule has 0 spiro atoms. The quantitative estimate of drug-likeness (QED) is 0.787. The zero-order valence-corrected chi connectivity index (χ0v) is 11.4. The minimum absolute atomic E-state index is 0.745. The maximum absolute atomic E-state index is 5.91. The number of aryl methyl sites for hydroxylation is 1. The third kappa shape index (κ3) is 2.09. The van der Waals surface area contributed by atoms with Crippen molar-refractivity contribution in [3.8, 4) is 0 Å². The van der Waals surface area contributed by atoms with E-state index in [1.807, 2.05) is 37.4 Å². The predicted octanol–water partition coefficient (Wildman–Crippen LogP) is 3.90. The molecule has 0 saturated heterocycles. The van der Waals surface area contributed by atoms with Crippen LogP contribution in [0.25, 0.3) is 11.0 Å². The molecule has 0 atom stereocenters. The largest absolute Gasteiger partial charge is 0.351 e. The smallest absolute Gasteiger partial charge is 0.203 e. The van der Waals surface area contributed by atoms with E-state index < -0.39 is 0 Å². The molecule has 3 nitrogen and oxygen atoms in total. The van der Waals surface area contributed by atoms with Crippen molar-refractivity contribution in [1.29, 1.82) is 0 Å². The van der Waals surface area contributed by atoms with Crippen molar-refractivity contribution in [2.75, 3.05) is 5.32 Å². The van der Waals surface area contributed by atoms with Gasteiger partial charge in [0.15, 0.2) is 0 Å². The predicted molar refractivity (Wildman–Crippen MR) is 77.4 cm³/mol. The Morgan fingerprint density at radius 3 is 2.83 bits per heavy atom. The first-order valence-electron chi connectivity index (χ1n) is 5.63. The second kappa shape index (κ2) is 4.63. The molecule has 92 valence electrons. The highest BCUT2D eigenvalue weighted by atomic mass is 35.5. The molecule has 0 amide bonds. The summed E-state index contributed by atoms with van der Waals surface area (Å²) in [4.78, 5) is 5.76. The first kappa shape index (κ1) is 11.6. The van der Waals surface area contributed by atoms with E-state index in [1.165, 1.54) is 4.88 Å². The molecule has 1 aromatic carbocycles. The Labute approximate surface area is 114 Å². The second-order valence-electron chi connectivity index (χ2n) is 4.04. The average Bonchev–Trinajstić information content (AvgIpc) is 2.92. The van der Waals surface area contributed by atoms with Gasteiger partial charge in [-0.15, -0.1) is 11.3 Å². The van der Waals surface area contributed by atoms with Crippen molar-refractivity contribution in [2.45, 2.75) is 6.54 Å². The summed E-state index contributed by atoms with van der Waals surface area (Å²) in [6, 6.07) is 12.0. The van der Waals surface area contributed by atoms with Gasteiger partial charge in [-0.25, -0.2) is 4.98 Å². The summed E-state index contributed by atoms with van der Waals surface area (Å²) < 4.78 is 2.88. The van der Waals surface area contributed by atoms with E-state index in [2.05, 4.69) is 20.9 Å². The number of thiophene rings is 1. The number of para-hydroxylation sites is 2. The van der Waals surface area contributed by atoms with Crippen LogP contribution in [0.2, 0.25) is 4.34 Å². The molecule has 0 bridgehead atoms. The van der Waals surface area contributed by atoms with Crippen LogP contribution in [0.5, 0.6) is 0 Å². The molecule has 5 heteroatoms. The van der Waals surface area contributed by atoms with Gasteiger partial charge in [0.1, 0.15) is 0 Å². The van der Waals surface area contributed by atoms with Crippen molar-refractivity contribution >= 4 is 39.9 Å². The lowest BCUT2D eigenvalue weighted by Crippen LogP contribution is -2.03. The lowest BCUT2D eigenvalue weighted by molar-refractivity contribution is 0.931. The molecule has 0 saturated carbocycles. The van der Waals surface area contributed by atoms with Gasteiger partial charge in [0.2, 0.25) is 5.95 Å². The minimum Gasteiger partial charge on any atom is -0.351 e. The van der Waals surface area contributed by atoms with Crippen molar-refractivity contribution in [3.05, 3.63) is 45.6 Å². The molecule has 2 aromatic heterocycles. The number of anilines is 1. The Kier molecular flexibility index (Phi) is 2.97. The number of imidazole rings is 1. The Hall–Kier alpha value is -1.52. The maximum Gasteiger partial charge on any atom is 0.203 e. The number of hydrogen-bond acceptors (Lipinski definition) is 3. The van der Waals surface area contributed by atoms with E-state index in [-0.39, 0.29) is 0 Å². The molecular weight excluding hydrogens is 266 g/mol. The zero-order chi connectivity index (χ0) is 12.5. The molecule has 0 aliphatic rings. The van der Waals surface area contributed by atoms with Crippen molar-refractivity contribution in [3.63, 3.8) is 0 Å². The number of nitrogens with zero attached hydrogens (tertiary/aromatic N) is 2. The molecule has 0 radical (unpaired) electrons. The van der Waals surface area contributed by atoms with Crippen LogP contribution < -0.4 is 5.32 Å². The number of benzene rings is 1. The molecule has 3 rings (SSSR count). The SMILES string of the molecule is Cn1c(NCc2ccc(Cl)s2)nc2ccccc21. The molecule has 2 heterocycles. The number of aromatic nitrogens is 2. The first-order valence-corrected chi connectivity index (χ1v) is 6.83. The molecular formula is C13H12ClN3S. The fourth-order valence-electron chi connectivity index (χ4n) is 1.92. The van der Waals surface area contributed by atoms with E-state index in [1.54, 1.807) is 11.3 Å². The van der Waals surface area contributed by atoms with E-state index in [0.717, 1.165) is 27.9 Å². The van der Waals surface area contributed by atoms with Crippen LogP contribution in [0.1, 0.15) is 4.88 Å². The Morgan fingerprint density at radius 2 is 2.11 bits per heavy atom. The fraction of sp³-hybridized carbons (Fsp3) is 0.154. The van der Waals surface area contributed by atoms with Crippen molar-refractivity contribution in [2.24, 2.45) is 7.05 Å². The van der Waals surface area contributed by atoms with Crippen LogP contribution in [0.3, 0.4) is 0 Å². The summed E-state index contributed by atoms with van der Waals surface area (Å²) in [5, 5.41) is 3.34. The Balaban J connectivity index is 1.84. The number of fused-ring (bicyclic) bond motifs is 1. The summed E-state index contributed by atoms with van der Waals surface area (Å²) in [5.74, 6) is 0.876. The van der Waals surface area contributed by atoms with E-state index in [4.69, 9.17) is 11.6 Å². The lowest BCUT2D eigenvalue weighted by atomic mass is 10.3. The third-order valence-electron chi connectivity index (χ3n) is 2.84. The van der Waals surface area contributed by atoms with Gasteiger partial charge in [0, 0.05) is 11.9 Å². The van der Waals surface area contributed by atoms with E-state index >= 15 is 0 Å². The fourth-order valence-corrected chi connectivity index (χ4v) is 2.94. The highest BCUT2D eigenvalue weighted by Crippen LogP contribution is 2.23. The van der Waals surface area contributed by atoms with Crippen LogP contribution in [0.15, 0.2) is 36.4 Å². The van der Waals surface area contributed by atoms with Crippen LogP contribution in [0.4, 0.5) is 5.95 Å². The van der Waals surface area contributed by atoms with E-state index in [0.29, 0.717) is 0 Å². The minimum atomic E-state index is 0.745. The first-order chi connectivity index (χ1) is 8.74. The van der Waals surface area contributed by atoms with Crippen LogP contribution in [-0.2, 0) is 13.6 Å². The lowest BCUT2D eigenvalue weighted by Gasteiger charge is -2.04. The highest BCUT2D eigenvalue weighted by Gasteiger charge is 2.06. The van der Waals surface area contributed by atoms with Crippen LogP contribution in [-0.4, -0.2) is 9.55 Å². The summed E-state index contributed by atoms with van der Waals surface area (Å²) in [7, 11) is 2.01. The maximum atomic E-state index is 5.91. The molecule has 0 aliphatic heterocycles. The summed E-state index contributed by atoms with van der Waals surface area (Å²) in [6.45, 7) is 0.745. The summed E-state index contributed by atoms with van der Waals surface area (Å²) in [6.07, 6.45) is 0. The van der Waals surface area contributed by atoms with Crippen LogP contribution in [0, 0.1) is 0 Å². The van der Waals surface area contributed by atoms with Gasteiger partial charge in [0.25, 0.3) is 0 Å². The van der Waals surface area contributed by atoms with Gasteiger partial charge in [-0.1, -0.05) is 23.7 Å². The molecule has 0 unspecified atom stereocenters. The topological polar surface area (TPSA) is 29.9 Å². The number of halogens is 1. The number of nitrogens with one attached hydrogen (secondary N) is 1. The molecule has 3 aromatic rings. The average molecular weight is 278 g/mol. The zero-order valence-electron chi connectivity index (χ0n) is 9.85.